The zero-order valence-electron chi connectivity index (χ0n) is 8.26. The lowest BCUT2D eigenvalue weighted by atomic mass is 10.0. The molecule has 0 radical (unpaired) electrons. The fourth-order valence-electron chi connectivity index (χ4n) is 3.18. The Labute approximate surface area is 84.8 Å². The molecular weight excluding hydrogens is 172 g/mol. The summed E-state index contributed by atoms with van der Waals surface area (Å²) < 4.78 is 0. The van der Waals surface area contributed by atoms with Crippen LogP contribution >= 0.6 is 0 Å². The second-order valence-electron chi connectivity index (χ2n) is 4.74. The molecule has 4 atom stereocenters. The minimum atomic E-state index is 0.00807. The van der Waals surface area contributed by atoms with E-state index in [2.05, 4.69) is 30.3 Å². The van der Waals surface area contributed by atoms with E-state index in [0.29, 0.717) is 5.92 Å². The van der Waals surface area contributed by atoms with Gasteiger partial charge in [-0.15, -0.1) is 0 Å². The maximum absolute atomic E-state index is 9.69. The highest BCUT2D eigenvalue weighted by Gasteiger charge is 2.56. The van der Waals surface area contributed by atoms with E-state index in [-0.39, 0.29) is 6.10 Å². The Kier molecular flexibility index (Phi) is 1.88. The largest absolute Gasteiger partial charge is 0.393 e. The molecule has 2 aliphatic rings. The third-order valence-electron chi connectivity index (χ3n) is 3.95. The fourth-order valence-corrected chi connectivity index (χ4v) is 3.18. The molecule has 3 rings (SSSR count). The van der Waals surface area contributed by atoms with Crippen molar-refractivity contribution in [2.75, 3.05) is 0 Å². The molecule has 2 aliphatic carbocycles. The van der Waals surface area contributed by atoms with Gasteiger partial charge in [0.15, 0.2) is 0 Å². The quantitative estimate of drug-likeness (QED) is 0.754. The second-order valence-corrected chi connectivity index (χ2v) is 4.74. The first-order valence-electron chi connectivity index (χ1n) is 5.58. The molecule has 1 aromatic carbocycles. The molecular formula is C13H16O. The van der Waals surface area contributed by atoms with Crippen molar-refractivity contribution in [3.05, 3.63) is 35.9 Å². The van der Waals surface area contributed by atoms with E-state index in [0.717, 1.165) is 18.3 Å². The van der Waals surface area contributed by atoms with Crippen LogP contribution in [0.1, 0.15) is 18.4 Å². The van der Waals surface area contributed by atoms with Gasteiger partial charge < -0.3 is 5.11 Å². The van der Waals surface area contributed by atoms with Crippen LogP contribution in [0.15, 0.2) is 30.3 Å². The summed E-state index contributed by atoms with van der Waals surface area (Å²) in [4.78, 5) is 0. The number of aliphatic hydroxyl groups is 1. The Balaban J connectivity index is 1.66. The molecule has 2 fully saturated rings. The zero-order valence-corrected chi connectivity index (χ0v) is 8.26. The van der Waals surface area contributed by atoms with E-state index in [4.69, 9.17) is 0 Å². The highest BCUT2D eigenvalue weighted by atomic mass is 16.3. The van der Waals surface area contributed by atoms with Gasteiger partial charge in [-0.25, -0.2) is 0 Å². The number of fused-ring (bicyclic) bond motifs is 1. The van der Waals surface area contributed by atoms with Crippen molar-refractivity contribution in [1.29, 1.82) is 0 Å². The minimum absolute atomic E-state index is 0.00807. The van der Waals surface area contributed by atoms with Gasteiger partial charge in [-0.1, -0.05) is 30.3 Å². The first-order chi connectivity index (χ1) is 6.86. The Morgan fingerprint density at radius 2 is 1.93 bits per heavy atom. The lowest BCUT2D eigenvalue weighted by Crippen LogP contribution is -2.08. The summed E-state index contributed by atoms with van der Waals surface area (Å²) in [7, 11) is 0. The second kappa shape index (κ2) is 3.09. The lowest BCUT2D eigenvalue weighted by Gasteiger charge is -2.07. The van der Waals surface area contributed by atoms with E-state index in [9.17, 15) is 5.11 Å². The zero-order chi connectivity index (χ0) is 9.54. The van der Waals surface area contributed by atoms with E-state index in [1.165, 1.54) is 18.4 Å². The predicted octanol–water partition coefficient (Wildman–Crippen LogP) is 2.25. The number of aliphatic hydroxyl groups excluding tert-OH is 1. The van der Waals surface area contributed by atoms with Crippen molar-refractivity contribution in [2.45, 2.75) is 25.4 Å². The van der Waals surface area contributed by atoms with Crippen LogP contribution < -0.4 is 0 Å². The lowest BCUT2D eigenvalue weighted by molar-refractivity contribution is 0.150. The van der Waals surface area contributed by atoms with E-state index in [1.807, 2.05) is 0 Å². The normalized spacial score (nSPS) is 39.5. The molecule has 1 aromatic rings. The monoisotopic (exact) mass is 188 g/mol. The predicted molar refractivity (Wildman–Crippen MR) is 55.9 cm³/mol. The van der Waals surface area contributed by atoms with Gasteiger partial charge in [-0.2, -0.15) is 0 Å². The summed E-state index contributed by atoms with van der Waals surface area (Å²) in [5.41, 5.74) is 1.43. The maximum Gasteiger partial charge on any atom is 0.0574 e. The van der Waals surface area contributed by atoms with Crippen LogP contribution in [0, 0.1) is 17.8 Å². The van der Waals surface area contributed by atoms with Crippen molar-refractivity contribution < 1.29 is 5.11 Å². The number of benzene rings is 1. The van der Waals surface area contributed by atoms with Crippen molar-refractivity contribution in [2.24, 2.45) is 17.8 Å². The molecule has 1 nitrogen and oxygen atoms in total. The molecule has 0 spiro atoms. The van der Waals surface area contributed by atoms with Crippen molar-refractivity contribution in [3.8, 4) is 0 Å². The van der Waals surface area contributed by atoms with Gasteiger partial charge in [0.25, 0.3) is 0 Å². The van der Waals surface area contributed by atoms with E-state index in [1.54, 1.807) is 0 Å². The summed E-state index contributed by atoms with van der Waals surface area (Å²) in [5.74, 6) is 2.25. The van der Waals surface area contributed by atoms with E-state index < -0.39 is 0 Å². The van der Waals surface area contributed by atoms with Gasteiger partial charge in [0.05, 0.1) is 6.10 Å². The van der Waals surface area contributed by atoms with Crippen molar-refractivity contribution in [1.82, 2.24) is 0 Å². The van der Waals surface area contributed by atoms with Crippen LogP contribution in [0.4, 0.5) is 0 Å². The summed E-state index contributed by atoms with van der Waals surface area (Å²) >= 11 is 0. The van der Waals surface area contributed by atoms with Gasteiger partial charge in [-0.3, -0.25) is 0 Å². The third-order valence-corrected chi connectivity index (χ3v) is 3.95. The first kappa shape index (κ1) is 8.49. The van der Waals surface area contributed by atoms with Gasteiger partial charge in [0.2, 0.25) is 0 Å². The summed E-state index contributed by atoms with van der Waals surface area (Å²) in [6, 6.07) is 10.7. The summed E-state index contributed by atoms with van der Waals surface area (Å²) in [6.07, 6.45) is 3.48. The molecule has 0 unspecified atom stereocenters. The maximum atomic E-state index is 9.69. The molecule has 1 heteroatoms. The molecule has 74 valence electrons. The van der Waals surface area contributed by atoms with Gasteiger partial charge in [-0.05, 0) is 42.6 Å². The standard InChI is InChI=1S/C13H16O/c14-12-7-6-10-11(13(10)12)8-9-4-2-1-3-5-9/h1-5,10-14H,6-8H2/t10-,11+,12+,13-/m1/s1. The average Bonchev–Trinajstić information content (AvgIpc) is 2.75. The van der Waals surface area contributed by atoms with Crippen LogP contribution in [-0.2, 0) is 6.42 Å². The average molecular weight is 188 g/mol. The Morgan fingerprint density at radius 1 is 1.14 bits per heavy atom. The number of hydrogen-bond donors (Lipinski definition) is 1. The Morgan fingerprint density at radius 3 is 2.57 bits per heavy atom. The van der Waals surface area contributed by atoms with Crippen molar-refractivity contribution >= 4 is 0 Å². The van der Waals surface area contributed by atoms with Gasteiger partial charge in [0, 0.05) is 0 Å². The number of rotatable bonds is 2. The van der Waals surface area contributed by atoms with Crippen LogP contribution in [0.5, 0.6) is 0 Å². The first-order valence-corrected chi connectivity index (χ1v) is 5.58. The highest BCUT2D eigenvalue weighted by Crippen LogP contribution is 2.58. The molecule has 0 amide bonds. The molecule has 0 saturated heterocycles. The number of hydrogen-bond acceptors (Lipinski definition) is 1. The van der Waals surface area contributed by atoms with Crippen LogP contribution in [0.2, 0.25) is 0 Å². The van der Waals surface area contributed by atoms with Gasteiger partial charge >= 0.3 is 0 Å². The smallest absolute Gasteiger partial charge is 0.0574 e. The van der Waals surface area contributed by atoms with Crippen LogP contribution in [0.3, 0.4) is 0 Å². The topological polar surface area (TPSA) is 20.2 Å². The van der Waals surface area contributed by atoms with Crippen molar-refractivity contribution in [3.63, 3.8) is 0 Å². The van der Waals surface area contributed by atoms with Crippen LogP contribution in [-0.4, -0.2) is 11.2 Å². The summed E-state index contributed by atoms with van der Waals surface area (Å²) in [6.45, 7) is 0. The molecule has 2 saturated carbocycles. The minimum Gasteiger partial charge on any atom is -0.393 e. The molecule has 0 bridgehead atoms. The molecule has 0 heterocycles. The molecule has 14 heavy (non-hydrogen) atoms. The van der Waals surface area contributed by atoms with Gasteiger partial charge in [0.1, 0.15) is 0 Å². The van der Waals surface area contributed by atoms with E-state index >= 15 is 0 Å². The van der Waals surface area contributed by atoms with Crippen LogP contribution in [0.25, 0.3) is 0 Å². The fraction of sp³-hybridized carbons (Fsp3) is 0.538. The Hall–Kier alpha value is -0.820. The molecule has 1 N–H and O–H groups in total. The molecule has 0 aromatic heterocycles. The molecule has 0 aliphatic heterocycles. The third kappa shape index (κ3) is 1.27. The summed E-state index contributed by atoms with van der Waals surface area (Å²) in [5, 5.41) is 9.69. The Bertz CT molecular complexity index is 319. The highest BCUT2D eigenvalue weighted by molar-refractivity contribution is 5.19. The SMILES string of the molecule is O[C@H]1CC[C@@H]2[C@H](Cc3ccccc3)[C@@H]21.